The molecule has 1 rings (SSSR count). The Balaban J connectivity index is 2.71. The molecule has 1 N–H and O–H groups in total. The fraction of sp³-hybridized carbons (Fsp3) is 0.636. The number of aryl methyl sites for hydroxylation is 1. The first kappa shape index (κ1) is 15.0. The van der Waals surface area contributed by atoms with Crippen molar-refractivity contribution in [1.29, 1.82) is 0 Å². The summed E-state index contributed by atoms with van der Waals surface area (Å²) in [5, 5.41) is 3.10. The van der Waals surface area contributed by atoms with Gasteiger partial charge in [0.15, 0.2) is 0 Å². The molecule has 0 aliphatic heterocycles. The van der Waals surface area contributed by atoms with Crippen LogP contribution in [0.25, 0.3) is 0 Å². The summed E-state index contributed by atoms with van der Waals surface area (Å²) in [5.74, 6) is 0. The maximum Gasteiger partial charge on any atom is 0.389 e. The lowest BCUT2D eigenvalue weighted by atomic mass is 10.1. The summed E-state index contributed by atoms with van der Waals surface area (Å²) in [4.78, 5) is 0.959. The molecule has 98 valence electrons. The maximum atomic E-state index is 12.2. The van der Waals surface area contributed by atoms with Gasteiger partial charge in [-0.15, -0.1) is 11.3 Å². The lowest BCUT2D eigenvalue weighted by Crippen LogP contribution is -2.22. The molecule has 0 radical (unpaired) electrons. The van der Waals surface area contributed by atoms with E-state index < -0.39 is 12.6 Å². The van der Waals surface area contributed by atoms with E-state index in [0.29, 0.717) is 6.54 Å². The molecule has 1 atom stereocenters. The molecule has 0 aliphatic carbocycles. The molecule has 0 saturated carbocycles. The fourth-order valence-electron chi connectivity index (χ4n) is 1.55. The quantitative estimate of drug-likeness (QED) is 0.817. The average Bonchev–Trinajstić information content (AvgIpc) is 2.52. The van der Waals surface area contributed by atoms with Gasteiger partial charge in [0.1, 0.15) is 0 Å². The summed E-state index contributed by atoms with van der Waals surface area (Å²) in [5.41, 5.74) is 1.07. The van der Waals surface area contributed by atoms with Gasteiger partial charge in [0.2, 0.25) is 0 Å². The summed E-state index contributed by atoms with van der Waals surface area (Å²) in [6, 6.07) is 1.73. The van der Waals surface area contributed by atoms with E-state index in [1.807, 2.05) is 19.9 Å². The Morgan fingerprint density at radius 2 is 2.12 bits per heavy atom. The Bertz CT molecular complexity index is 343. The number of nitrogens with one attached hydrogen (secondary N) is 1. The van der Waals surface area contributed by atoms with E-state index in [2.05, 4.69) is 21.2 Å². The van der Waals surface area contributed by atoms with Crippen molar-refractivity contribution >= 4 is 27.3 Å². The highest BCUT2D eigenvalue weighted by Crippen LogP contribution is 2.35. The zero-order valence-electron chi connectivity index (χ0n) is 9.70. The molecule has 0 aromatic carbocycles. The Kier molecular flexibility index (Phi) is 5.47. The van der Waals surface area contributed by atoms with Crippen molar-refractivity contribution in [1.82, 2.24) is 5.32 Å². The first-order chi connectivity index (χ1) is 7.83. The van der Waals surface area contributed by atoms with Crippen LogP contribution in [0.1, 0.15) is 36.2 Å². The summed E-state index contributed by atoms with van der Waals surface area (Å²) in [6.07, 6.45) is -4.75. The first-order valence-corrected chi connectivity index (χ1v) is 7.00. The van der Waals surface area contributed by atoms with Crippen molar-refractivity contribution in [3.05, 3.63) is 20.3 Å². The van der Waals surface area contributed by atoms with Crippen LogP contribution in [0.5, 0.6) is 0 Å². The molecule has 0 saturated heterocycles. The van der Waals surface area contributed by atoms with E-state index in [1.165, 1.54) is 11.3 Å². The summed E-state index contributed by atoms with van der Waals surface area (Å²) < 4.78 is 37.7. The molecule has 0 bridgehead atoms. The number of alkyl halides is 3. The number of hydrogen-bond donors (Lipinski definition) is 1. The molecule has 1 nitrogen and oxygen atoms in total. The van der Waals surface area contributed by atoms with E-state index in [-0.39, 0.29) is 12.5 Å². The normalized spacial score (nSPS) is 14.0. The van der Waals surface area contributed by atoms with Gasteiger partial charge in [0.05, 0.1) is 3.79 Å². The van der Waals surface area contributed by atoms with E-state index in [0.717, 1.165) is 14.2 Å². The third kappa shape index (κ3) is 4.97. The van der Waals surface area contributed by atoms with Crippen molar-refractivity contribution < 1.29 is 13.2 Å². The van der Waals surface area contributed by atoms with E-state index in [4.69, 9.17) is 0 Å². The third-order valence-electron chi connectivity index (χ3n) is 2.39. The minimum Gasteiger partial charge on any atom is -0.310 e. The molecule has 0 aliphatic rings. The molecule has 0 fully saturated rings. The van der Waals surface area contributed by atoms with Crippen molar-refractivity contribution in [2.45, 2.75) is 38.9 Å². The minimum atomic E-state index is -4.09. The van der Waals surface area contributed by atoms with Gasteiger partial charge in [-0.05, 0) is 47.4 Å². The Hall–Kier alpha value is -0.0700. The second-order valence-electron chi connectivity index (χ2n) is 3.87. The lowest BCUT2D eigenvalue weighted by molar-refractivity contribution is -0.136. The van der Waals surface area contributed by atoms with Crippen LogP contribution < -0.4 is 5.32 Å². The second kappa shape index (κ2) is 6.20. The van der Waals surface area contributed by atoms with E-state index in [9.17, 15) is 13.2 Å². The number of halogens is 4. The highest BCUT2D eigenvalue weighted by atomic mass is 79.9. The van der Waals surface area contributed by atoms with Gasteiger partial charge in [-0.3, -0.25) is 0 Å². The van der Waals surface area contributed by atoms with Crippen molar-refractivity contribution in [2.75, 3.05) is 6.54 Å². The van der Waals surface area contributed by atoms with Crippen LogP contribution in [0.15, 0.2) is 9.85 Å². The van der Waals surface area contributed by atoms with Gasteiger partial charge in [0.25, 0.3) is 0 Å². The van der Waals surface area contributed by atoms with Crippen LogP contribution in [0.2, 0.25) is 0 Å². The molecule has 1 aromatic rings. The third-order valence-corrected chi connectivity index (χ3v) is 4.64. The predicted molar refractivity (Wildman–Crippen MR) is 68.5 cm³/mol. The van der Waals surface area contributed by atoms with Crippen molar-refractivity contribution in [2.24, 2.45) is 0 Å². The standard InChI is InChI=1S/C11H15BrF3NS/c1-3-16-8(4-5-11(13,14)15)9-6-7(2)10(12)17-9/h6,8,16H,3-5H2,1-2H3. The molecule has 0 amide bonds. The maximum absolute atomic E-state index is 12.2. The second-order valence-corrected chi connectivity index (χ2v) is 6.27. The van der Waals surface area contributed by atoms with Crippen LogP contribution in [-0.4, -0.2) is 12.7 Å². The highest BCUT2D eigenvalue weighted by molar-refractivity contribution is 9.11. The monoisotopic (exact) mass is 329 g/mol. The van der Waals surface area contributed by atoms with E-state index >= 15 is 0 Å². The summed E-state index contributed by atoms with van der Waals surface area (Å²) in [6.45, 7) is 4.50. The van der Waals surface area contributed by atoms with Crippen LogP contribution in [0, 0.1) is 6.92 Å². The fourth-order valence-corrected chi connectivity index (χ4v) is 3.24. The summed E-state index contributed by atoms with van der Waals surface area (Å²) >= 11 is 4.89. The van der Waals surface area contributed by atoms with Crippen LogP contribution >= 0.6 is 27.3 Å². The van der Waals surface area contributed by atoms with E-state index in [1.54, 1.807) is 0 Å². The molecule has 0 spiro atoms. The molecule has 6 heteroatoms. The zero-order chi connectivity index (χ0) is 13.1. The first-order valence-electron chi connectivity index (χ1n) is 5.39. The average molecular weight is 330 g/mol. The smallest absolute Gasteiger partial charge is 0.310 e. The molecule has 1 aromatic heterocycles. The molecule has 1 heterocycles. The van der Waals surface area contributed by atoms with Gasteiger partial charge >= 0.3 is 6.18 Å². The minimum absolute atomic E-state index is 0.0870. The van der Waals surface area contributed by atoms with Crippen LogP contribution in [-0.2, 0) is 0 Å². The van der Waals surface area contributed by atoms with Crippen molar-refractivity contribution in [3.8, 4) is 0 Å². The van der Waals surface area contributed by atoms with Gasteiger partial charge in [-0.1, -0.05) is 6.92 Å². The molecular weight excluding hydrogens is 315 g/mol. The Morgan fingerprint density at radius 1 is 1.47 bits per heavy atom. The molecule has 1 unspecified atom stereocenters. The Labute approximate surface area is 112 Å². The summed E-state index contributed by atoms with van der Waals surface area (Å²) in [7, 11) is 0. The number of thiophene rings is 1. The zero-order valence-corrected chi connectivity index (χ0v) is 12.1. The number of rotatable bonds is 5. The molecular formula is C11H15BrF3NS. The van der Waals surface area contributed by atoms with Crippen LogP contribution in [0.3, 0.4) is 0 Å². The Morgan fingerprint density at radius 3 is 2.53 bits per heavy atom. The topological polar surface area (TPSA) is 12.0 Å². The largest absolute Gasteiger partial charge is 0.389 e. The van der Waals surface area contributed by atoms with Crippen molar-refractivity contribution in [3.63, 3.8) is 0 Å². The van der Waals surface area contributed by atoms with Crippen LogP contribution in [0.4, 0.5) is 13.2 Å². The van der Waals surface area contributed by atoms with Gasteiger partial charge in [-0.25, -0.2) is 0 Å². The molecule has 17 heavy (non-hydrogen) atoms. The number of hydrogen-bond acceptors (Lipinski definition) is 2. The SMILES string of the molecule is CCNC(CCC(F)(F)F)c1cc(C)c(Br)s1. The van der Waals surface area contributed by atoms with Gasteiger partial charge in [-0.2, -0.15) is 13.2 Å². The lowest BCUT2D eigenvalue weighted by Gasteiger charge is -2.17. The highest BCUT2D eigenvalue weighted by Gasteiger charge is 2.29. The van der Waals surface area contributed by atoms with Gasteiger partial charge in [0, 0.05) is 17.3 Å². The van der Waals surface area contributed by atoms with Gasteiger partial charge < -0.3 is 5.32 Å². The predicted octanol–water partition coefficient (Wildman–Crippen LogP) is 4.81.